The molecule has 0 saturated carbocycles. The molecular weight excluding hydrogens is 342 g/mol. The average molecular weight is 365 g/mol. The van der Waals surface area contributed by atoms with Crippen LogP contribution in [0, 0.1) is 6.92 Å². The molecule has 0 unspecified atom stereocenters. The second-order valence-electron chi connectivity index (χ2n) is 7.38. The molecule has 0 atom stereocenters. The highest BCUT2D eigenvalue weighted by Gasteiger charge is 2.26. The van der Waals surface area contributed by atoms with Crippen LogP contribution in [0.1, 0.15) is 42.4 Å². The Bertz CT molecular complexity index is 1080. The number of aryl methyl sites for hydroxylation is 1. The smallest absolute Gasteiger partial charge is 0.275 e. The maximum atomic E-state index is 12.9. The van der Waals surface area contributed by atoms with Crippen molar-refractivity contribution in [2.75, 3.05) is 6.54 Å². The maximum absolute atomic E-state index is 12.9. The number of carbonyl (C=O) groups excluding carboxylic acids is 1. The van der Waals surface area contributed by atoms with Gasteiger partial charge in [-0.25, -0.2) is 4.68 Å². The molecule has 1 N–H and O–H groups in total. The molecule has 1 aromatic carbocycles. The lowest BCUT2D eigenvalue weighted by Crippen LogP contribution is -2.40. The Labute approximate surface area is 157 Å². The Kier molecular flexibility index (Phi) is 4.30. The van der Waals surface area contributed by atoms with E-state index in [0.717, 1.165) is 34.5 Å². The normalized spacial score (nSPS) is 14.0. The fourth-order valence-electron chi connectivity index (χ4n) is 3.75. The summed E-state index contributed by atoms with van der Waals surface area (Å²) in [4.78, 5) is 27.4. The molecule has 2 aromatic heterocycles. The number of nitrogens with one attached hydrogen (secondary N) is 1. The number of nitrogens with zero attached hydrogens (tertiary/aromatic N) is 4. The summed E-state index contributed by atoms with van der Waals surface area (Å²) in [5.74, 6) is 0.202. The summed E-state index contributed by atoms with van der Waals surface area (Å²) in [5.41, 5.74) is 3.75. The van der Waals surface area contributed by atoms with Crippen LogP contribution in [0.5, 0.6) is 0 Å². The van der Waals surface area contributed by atoms with E-state index in [9.17, 15) is 9.59 Å². The lowest BCUT2D eigenvalue weighted by atomic mass is 9.99. The van der Waals surface area contributed by atoms with Gasteiger partial charge in [-0.2, -0.15) is 10.2 Å². The first kappa shape index (κ1) is 17.5. The summed E-state index contributed by atoms with van der Waals surface area (Å²) >= 11 is 0. The number of aromatic nitrogens is 4. The first-order valence-corrected chi connectivity index (χ1v) is 9.26. The lowest BCUT2D eigenvalue weighted by molar-refractivity contribution is -0.133. The maximum Gasteiger partial charge on any atom is 0.275 e. The fraction of sp³-hybridized carbons (Fsp3) is 0.400. The molecule has 0 spiro atoms. The van der Waals surface area contributed by atoms with Crippen LogP contribution in [0.15, 0.2) is 29.1 Å². The number of aromatic amines is 1. The van der Waals surface area contributed by atoms with Crippen molar-refractivity contribution >= 4 is 16.7 Å². The molecule has 140 valence electrons. The van der Waals surface area contributed by atoms with Crippen molar-refractivity contribution in [3.05, 3.63) is 57.3 Å². The van der Waals surface area contributed by atoms with E-state index in [-0.39, 0.29) is 18.0 Å². The van der Waals surface area contributed by atoms with E-state index in [1.165, 1.54) is 4.68 Å². The van der Waals surface area contributed by atoms with Gasteiger partial charge in [0.15, 0.2) is 0 Å². The Balaban J connectivity index is 1.60. The van der Waals surface area contributed by atoms with E-state index in [4.69, 9.17) is 0 Å². The van der Waals surface area contributed by atoms with Gasteiger partial charge in [0.05, 0.1) is 16.8 Å². The van der Waals surface area contributed by atoms with Crippen LogP contribution < -0.4 is 5.56 Å². The summed E-state index contributed by atoms with van der Waals surface area (Å²) in [6.07, 6.45) is 0.750. The quantitative estimate of drug-likeness (QED) is 0.771. The predicted molar refractivity (Wildman–Crippen MR) is 103 cm³/mol. The number of rotatable bonds is 3. The van der Waals surface area contributed by atoms with Gasteiger partial charge in [0.1, 0.15) is 6.54 Å². The molecule has 4 rings (SSSR count). The zero-order valence-electron chi connectivity index (χ0n) is 15.8. The number of amides is 1. The SMILES string of the molecule is Cc1nn(CC(=O)N2CCc3[nH]nc(C(C)C)c3C2)c(=O)c2ccccc12. The van der Waals surface area contributed by atoms with Crippen LogP contribution in [0.3, 0.4) is 0 Å². The predicted octanol–water partition coefficient (Wildman–Crippen LogP) is 2.14. The highest BCUT2D eigenvalue weighted by atomic mass is 16.2. The molecule has 7 heteroatoms. The highest BCUT2D eigenvalue weighted by molar-refractivity contribution is 5.83. The van der Waals surface area contributed by atoms with Gasteiger partial charge in [-0.3, -0.25) is 14.7 Å². The third-order valence-electron chi connectivity index (χ3n) is 5.20. The van der Waals surface area contributed by atoms with Crippen molar-refractivity contribution in [3.63, 3.8) is 0 Å². The Morgan fingerprint density at radius 2 is 2.00 bits per heavy atom. The molecule has 0 fully saturated rings. The van der Waals surface area contributed by atoms with E-state index in [1.54, 1.807) is 11.0 Å². The van der Waals surface area contributed by atoms with Gasteiger partial charge >= 0.3 is 0 Å². The topological polar surface area (TPSA) is 83.9 Å². The van der Waals surface area contributed by atoms with E-state index < -0.39 is 0 Å². The van der Waals surface area contributed by atoms with Gasteiger partial charge in [0, 0.05) is 36.2 Å². The molecule has 27 heavy (non-hydrogen) atoms. The number of fused-ring (bicyclic) bond motifs is 2. The summed E-state index contributed by atoms with van der Waals surface area (Å²) in [6.45, 7) is 7.15. The molecule has 1 amide bonds. The van der Waals surface area contributed by atoms with Crippen molar-refractivity contribution in [3.8, 4) is 0 Å². The van der Waals surface area contributed by atoms with Gasteiger partial charge < -0.3 is 4.90 Å². The molecule has 1 aliphatic rings. The molecule has 0 aliphatic carbocycles. The fourth-order valence-corrected chi connectivity index (χ4v) is 3.75. The standard InChI is InChI=1S/C20H23N5O2/c1-12(2)19-16-10-24(9-8-17(16)21-22-19)18(26)11-25-20(27)15-7-5-4-6-14(15)13(3)23-25/h4-7,12H,8-11H2,1-3H3,(H,21,22). The Morgan fingerprint density at radius 3 is 2.74 bits per heavy atom. The third-order valence-corrected chi connectivity index (χ3v) is 5.20. The molecule has 1 aliphatic heterocycles. The van der Waals surface area contributed by atoms with Gasteiger partial charge in [-0.15, -0.1) is 0 Å². The number of H-pyrrole nitrogens is 1. The van der Waals surface area contributed by atoms with Gasteiger partial charge in [-0.1, -0.05) is 32.0 Å². The summed E-state index contributed by atoms with van der Waals surface area (Å²) in [6, 6.07) is 7.37. The number of benzene rings is 1. The van der Waals surface area contributed by atoms with E-state index in [2.05, 4.69) is 29.1 Å². The molecule has 0 bridgehead atoms. The van der Waals surface area contributed by atoms with Crippen molar-refractivity contribution < 1.29 is 4.79 Å². The zero-order valence-corrected chi connectivity index (χ0v) is 15.8. The van der Waals surface area contributed by atoms with Crippen molar-refractivity contribution in [2.24, 2.45) is 0 Å². The van der Waals surface area contributed by atoms with Crippen molar-refractivity contribution in [1.29, 1.82) is 0 Å². The van der Waals surface area contributed by atoms with Crippen LogP contribution in [0.25, 0.3) is 10.8 Å². The summed E-state index contributed by atoms with van der Waals surface area (Å²) in [5, 5.41) is 13.3. The zero-order chi connectivity index (χ0) is 19.1. The van der Waals surface area contributed by atoms with Gasteiger partial charge in [-0.05, 0) is 18.9 Å². The summed E-state index contributed by atoms with van der Waals surface area (Å²) < 4.78 is 1.29. The van der Waals surface area contributed by atoms with Crippen LogP contribution in [0.4, 0.5) is 0 Å². The minimum absolute atomic E-state index is 0.0469. The number of hydrogen-bond donors (Lipinski definition) is 1. The largest absolute Gasteiger partial charge is 0.336 e. The second kappa shape index (κ2) is 6.64. The Morgan fingerprint density at radius 1 is 1.26 bits per heavy atom. The van der Waals surface area contributed by atoms with Crippen LogP contribution in [-0.2, 0) is 24.3 Å². The molecular formula is C20H23N5O2. The molecule has 0 saturated heterocycles. The van der Waals surface area contributed by atoms with E-state index in [1.807, 2.05) is 25.1 Å². The lowest BCUT2D eigenvalue weighted by Gasteiger charge is -2.27. The van der Waals surface area contributed by atoms with Crippen LogP contribution in [0.2, 0.25) is 0 Å². The molecule has 0 radical (unpaired) electrons. The minimum atomic E-state index is -0.228. The van der Waals surface area contributed by atoms with Gasteiger partial charge in [0.25, 0.3) is 5.56 Å². The first-order chi connectivity index (χ1) is 13.0. The minimum Gasteiger partial charge on any atom is -0.336 e. The first-order valence-electron chi connectivity index (χ1n) is 9.26. The third kappa shape index (κ3) is 3.03. The highest BCUT2D eigenvalue weighted by Crippen LogP contribution is 2.25. The molecule has 7 nitrogen and oxygen atoms in total. The van der Waals surface area contributed by atoms with Gasteiger partial charge in [0.2, 0.25) is 5.91 Å². The average Bonchev–Trinajstić information content (AvgIpc) is 3.09. The Hall–Kier alpha value is -2.96. The van der Waals surface area contributed by atoms with Crippen LogP contribution >= 0.6 is 0 Å². The number of carbonyl (C=O) groups is 1. The summed E-state index contributed by atoms with van der Waals surface area (Å²) in [7, 11) is 0. The molecule has 3 heterocycles. The second-order valence-corrected chi connectivity index (χ2v) is 7.38. The van der Waals surface area contributed by atoms with Crippen LogP contribution in [-0.4, -0.2) is 37.3 Å². The monoisotopic (exact) mass is 365 g/mol. The van der Waals surface area contributed by atoms with Crippen molar-refractivity contribution in [2.45, 2.75) is 46.2 Å². The molecule has 3 aromatic rings. The van der Waals surface area contributed by atoms with Crippen molar-refractivity contribution in [1.82, 2.24) is 24.9 Å². The van der Waals surface area contributed by atoms with E-state index >= 15 is 0 Å². The van der Waals surface area contributed by atoms with E-state index in [0.29, 0.717) is 24.4 Å². The number of hydrogen-bond acceptors (Lipinski definition) is 4.